The fraction of sp³-hybridized carbons (Fsp3) is 0.733. The van der Waals surface area contributed by atoms with E-state index in [1.165, 1.54) is 32.1 Å². The summed E-state index contributed by atoms with van der Waals surface area (Å²) in [5.41, 5.74) is 5.95. The van der Waals surface area contributed by atoms with Crippen LogP contribution in [0.2, 0.25) is 0 Å². The van der Waals surface area contributed by atoms with Crippen LogP contribution < -0.4 is 5.73 Å². The Hall–Kier alpha value is -0.800. The summed E-state index contributed by atoms with van der Waals surface area (Å²) >= 11 is 0. The molecule has 2 unspecified atom stereocenters. The highest BCUT2D eigenvalue weighted by atomic mass is 16.3. The minimum atomic E-state index is 0.614. The van der Waals surface area contributed by atoms with Gasteiger partial charge < -0.3 is 10.2 Å². The smallest absolute Gasteiger partial charge is 0.118 e. The van der Waals surface area contributed by atoms with E-state index in [0.717, 1.165) is 24.6 Å². The van der Waals surface area contributed by atoms with Gasteiger partial charge in [-0.1, -0.05) is 19.3 Å². The van der Waals surface area contributed by atoms with Crippen molar-refractivity contribution < 1.29 is 4.42 Å². The van der Waals surface area contributed by atoms with Crippen LogP contribution in [0.4, 0.5) is 0 Å². The average molecular weight is 250 g/mol. The molecule has 0 aliphatic heterocycles. The lowest BCUT2D eigenvalue weighted by Crippen LogP contribution is -2.40. The van der Waals surface area contributed by atoms with E-state index in [4.69, 9.17) is 10.2 Å². The predicted octanol–water partition coefficient (Wildman–Crippen LogP) is 2.93. The summed E-state index contributed by atoms with van der Waals surface area (Å²) in [4.78, 5) is 2.43. The Morgan fingerprint density at radius 3 is 2.72 bits per heavy atom. The van der Waals surface area contributed by atoms with Crippen molar-refractivity contribution in [3.05, 3.63) is 23.7 Å². The van der Waals surface area contributed by atoms with E-state index in [-0.39, 0.29) is 0 Å². The molecule has 1 fully saturated rings. The van der Waals surface area contributed by atoms with E-state index < -0.39 is 0 Å². The molecule has 0 saturated heterocycles. The summed E-state index contributed by atoms with van der Waals surface area (Å²) in [6, 6.07) is 4.74. The lowest BCUT2D eigenvalue weighted by Gasteiger charge is -2.32. The van der Waals surface area contributed by atoms with E-state index in [2.05, 4.69) is 18.0 Å². The largest absolute Gasteiger partial charge is 0.465 e. The van der Waals surface area contributed by atoms with Crippen molar-refractivity contribution in [1.82, 2.24) is 4.90 Å². The molecular weight excluding hydrogens is 224 g/mol. The lowest BCUT2D eigenvalue weighted by molar-refractivity contribution is 0.150. The van der Waals surface area contributed by atoms with Gasteiger partial charge in [0.1, 0.15) is 11.5 Å². The van der Waals surface area contributed by atoms with Crippen LogP contribution in [0.3, 0.4) is 0 Å². The molecule has 1 aromatic heterocycles. The molecule has 0 aromatic carbocycles. The Morgan fingerprint density at radius 1 is 1.28 bits per heavy atom. The zero-order valence-electron chi connectivity index (χ0n) is 11.7. The third-order valence-electron chi connectivity index (χ3n) is 4.19. The first kappa shape index (κ1) is 13.6. The summed E-state index contributed by atoms with van der Waals surface area (Å²) < 4.78 is 5.67. The number of hydrogen-bond donors (Lipinski definition) is 1. The van der Waals surface area contributed by atoms with Crippen LogP contribution in [0.25, 0.3) is 0 Å². The first-order chi connectivity index (χ1) is 8.70. The maximum absolute atomic E-state index is 5.95. The predicted molar refractivity (Wildman–Crippen MR) is 74.3 cm³/mol. The van der Waals surface area contributed by atoms with E-state index in [0.29, 0.717) is 12.0 Å². The quantitative estimate of drug-likeness (QED) is 0.835. The van der Waals surface area contributed by atoms with Crippen molar-refractivity contribution in [2.24, 2.45) is 11.7 Å². The van der Waals surface area contributed by atoms with Crippen LogP contribution in [0.15, 0.2) is 16.5 Å². The zero-order chi connectivity index (χ0) is 13.0. The minimum absolute atomic E-state index is 0.614. The van der Waals surface area contributed by atoms with Gasteiger partial charge >= 0.3 is 0 Å². The number of nitrogens with zero attached hydrogens (tertiary/aromatic N) is 1. The first-order valence-corrected chi connectivity index (χ1v) is 7.16. The Morgan fingerprint density at radius 2 is 2.06 bits per heavy atom. The Labute approximate surface area is 110 Å². The number of nitrogens with two attached hydrogens (primary N) is 1. The third kappa shape index (κ3) is 3.36. The minimum Gasteiger partial charge on any atom is -0.465 e. The van der Waals surface area contributed by atoms with Gasteiger partial charge in [0.25, 0.3) is 0 Å². The second-order valence-electron chi connectivity index (χ2n) is 5.63. The summed E-state index contributed by atoms with van der Waals surface area (Å²) in [6.07, 6.45) is 6.59. The van der Waals surface area contributed by atoms with Crippen LogP contribution in [0, 0.1) is 12.8 Å². The third-order valence-corrected chi connectivity index (χ3v) is 4.19. The SMILES string of the molecule is Cc1ccc(CN(C)C2CCCCCC2CN)o1. The zero-order valence-corrected chi connectivity index (χ0v) is 11.7. The second-order valence-corrected chi connectivity index (χ2v) is 5.63. The van der Waals surface area contributed by atoms with Crippen LogP contribution in [-0.4, -0.2) is 24.5 Å². The molecule has 2 N–H and O–H groups in total. The Bertz CT molecular complexity index is 361. The molecule has 1 heterocycles. The van der Waals surface area contributed by atoms with Gasteiger partial charge in [-0.3, -0.25) is 4.90 Å². The van der Waals surface area contributed by atoms with E-state index >= 15 is 0 Å². The summed E-state index contributed by atoms with van der Waals surface area (Å²) in [5, 5.41) is 0. The molecule has 18 heavy (non-hydrogen) atoms. The monoisotopic (exact) mass is 250 g/mol. The molecule has 1 saturated carbocycles. The highest BCUT2D eigenvalue weighted by Crippen LogP contribution is 2.27. The molecule has 2 rings (SSSR count). The fourth-order valence-corrected chi connectivity index (χ4v) is 3.15. The highest BCUT2D eigenvalue weighted by molar-refractivity contribution is 5.05. The molecule has 102 valence electrons. The molecule has 0 radical (unpaired) electrons. The molecule has 1 aliphatic carbocycles. The van der Waals surface area contributed by atoms with Crippen molar-refractivity contribution in [3.63, 3.8) is 0 Å². The molecule has 3 nitrogen and oxygen atoms in total. The average Bonchev–Trinajstić information content (AvgIpc) is 2.65. The van der Waals surface area contributed by atoms with Gasteiger partial charge in [0.05, 0.1) is 6.54 Å². The van der Waals surface area contributed by atoms with Crippen LogP contribution in [0.1, 0.15) is 43.6 Å². The van der Waals surface area contributed by atoms with Gasteiger partial charge in [0, 0.05) is 6.04 Å². The molecule has 0 spiro atoms. The van der Waals surface area contributed by atoms with Gasteiger partial charge in [0.2, 0.25) is 0 Å². The lowest BCUT2D eigenvalue weighted by atomic mass is 9.93. The molecule has 0 bridgehead atoms. The summed E-state index contributed by atoms with van der Waals surface area (Å²) in [6.45, 7) is 3.71. The van der Waals surface area contributed by atoms with Crippen molar-refractivity contribution in [2.45, 2.75) is 51.6 Å². The summed E-state index contributed by atoms with van der Waals surface area (Å²) in [7, 11) is 2.20. The molecular formula is C15H26N2O. The second kappa shape index (κ2) is 6.39. The number of hydrogen-bond acceptors (Lipinski definition) is 3. The number of aryl methyl sites for hydroxylation is 1. The van der Waals surface area contributed by atoms with Crippen molar-refractivity contribution >= 4 is 0 Å². The number of furan rings is 1. The van der Waals surface area contributed by atoms with Crippen molar-refractivity contribution in [3.8, 4) is 0 Å². The standard InChI is InChI=1S/C15H26N2O/c1-12-8-9-14(18-12)11-17(2)15-7-5-3-4-6-13(15)10-16/h8-9,13,15H,3-7,10-11,16H2,1-2H3. The topological polar surface area (TPSA) is 42.4 Å². The molecule has 3 heteroatoms. The first-order valence-electron chi connectivity index (χ1n) is 7.16. The molecule has 1 aromatic rings. The molecule has 2 atom stereocenters. The van der Waals surface area contributed by atoms with Gasteiger partial charge in [-0.25, -0.2) is 0 Å². The maximum Gasteiger partial charge on any atom is 0.118 e. The molecule has 1 aliphatic rings. The van der Waals surface area contributed by atoms with Gasteiger partial charge in [-0.15, -0.1) is 0 Å². The normalized spacial score (nSPS) is 25.3. The number of rotatable bonds is 4. The van der Waals surface area contributed by atoms with E-state index in [9.17, 15) is 0 Å². The summed E-state index contributed by atoms with van der Waals surface area (Å²) in [5.74, 6) is 2.71. The van der Waals surface area contributed by atoms with Gasteiger partial charge in [0.15, 0.2) is 0 Å². The van der Waals surface area contributed by atoms with Crippen molar-refractivity contribution in [2.75, 3.05) is 13.6 Å². The van der Waals surface area contributed by atoms with Gasteiger partial charge in [-0.05, 0) is 51.4 Å². The maximum atomic E-state index is 5.95. The van der Waals surface area contributed by atoms with Crippen LogP contribution in [-0.2, 0) is 6.54 Å². The van der Waals surface area contributed by atoms with Crippen LogP contribution >= 0.6 is 0 Å². The Kier molecular flexibility index (Phi) is 4.84. The Balaban J connectivity index is 1.98. The fourth-order valence-electron chi connectivity index (χ4n) is 3.15. The van der Waals surface area contributed by atoms with Crippen molar-refractivity contribution in [1.29, 1.82) is 0 Å². The highest BCUT2D eigenvalue weighted by Gasteiger charge is 2.26. The van der Waals surface area contributed by atoms with E-state index in [1.54, 1.807) is 0 Å². The van der Waals surface area contributed by atoms with E-state index in [1.807, 2.05) is 13.0 Å². The van der Waals surface area contributed by atoms with Gasteiger partial charge in [-0.2, -0.15) is 0 Å². The van der Waals surface area contributed by atoms with Crippen LogP contribution in [0.5, 0.6) is 0 Å². The molecule has 0 amide bonds.